The number of carbonyl (C=O) groups excluding carboxylic acids is 3. The highest BCUT2D eigenvalue weighted by molar-refractivity contribution is 6.02. The van der Waals surface area contributed by atoms with Crippen molar-refractivity contribution in [1.82, 2.24) is 9.88 Å². The van der Waals surface area contributed by atoms with Crippen LogP contribution in [0.2, 0.25) is 0 Å². The van der Waals surface area contributed by atoms with Gasteiger partial charge in [0.15, 0.2) is 5.78 Å². The number of benzene rings is 2. The maximum atomic E-state index is 13.6. The maximum Gasteiger partial charge on any atom is 0.328 e. The molecule has 9 heteroatoms. The van der Waals surface area contributed by atoms with Gasteiger partial charge in [-0.1, -0.05) is 30.3 Å². The number of pyridine rings is 1. The van der Waals surface area contributed by atoms with Crippen molar-refractivity contribution < 1.29 is 23.9 Å². The van der Waals surface area contributed by atoms with E-state index in [0.29, 0.717) is 42.0 Å². The fourth-order valence-electron chi connectivity index (χ4n) is 4.28. The first-order chi connectivity index (χ1) is 16.9. The first-order valence-electron chi connectivity index (χ1n) is 11.3. The third kappa shape index (κ3) is 5.49. The van der Waals surface area contributed by atoms with E-state index in [-0.39, 0.29) is 30.2 Å². The Morgan fingerprint density at radius 2 is 1.69 bits per heavy atom. The summed E-state index contributed by atoms with van der Waals surface area (Å²) in [4.78, 5) is 52.0. The summed E-state index contributed by atoms with van der Waals surface area (Å²) < 4.78 is 11.5. The zero-order valence-electron chi connectivity index (χ0n) is 20.0. The SMILES string of the molecule is COC(=O)C(Cc1ccccc1)NC(=O)c1cc2c(n(-c3ccc(OC)cc3)c1=O)CCCC2=O.Cl. The smallest absolute Gasteiger partial charge is 0.328 e. The van der Waals surface area contributed by atoms with E-state index >= 15 is 0 Å². The predicted octanol–water partition coefficient (Wildman–Crippen LogP) is 3.30. The number of aromatic nitrogens is 1. The van der Waals surface area contributed by atoms with Crippen LogP contribution < -0.4 is 15.6 Å². The highest BCUT2D eigenvalue weighted by Gasteiger charge is 2.29. The molecule has 0 saturated carbocycles. The molecule has 1 unspecified atom stereocenters. The van der Waals surface area contributed by atoms with E-state index < -0.39 is 23.5 Å². The van der Waals surface area contributed by atoms with Gasteiger partial charge in [-0.3, -0.25) is 19.0 Å². The van der Waals surface area contributed by atoms with Crippen LogP contribution in [0, 0.1) is 0 Å². The molecule has 0 bridgehead atoms. The first kappa shape index (κ1) is 26.7. The van der Waals surface area contributed by atoms with Crippen molar-refractivity contribution in [3.05, 3.63) is 93.4 Å². The number of amides is 1. The summed E-state index contributed by atoms with van der Waals surface area (Å²) in [7, 11) is 2.78. The van der Waals surface area contributed by atoms with Gasteiger partial charge in [-0.15, -0.1) is 12.4 Å². The largest absolute Gasteiger partial charge is 0.497 e. The summed E-state index contributed by atoms with van der Waals surface area (Å²) in [6, 6.07) is 16.3. The van der Waals surface area contributed by atoms with Crippen LogP contribution in [0.3, 0.4) is 0 Å². The molecule has 36 heavy (non-hydrogen) atoms. The summed E-state index contributed by atoms with van der Waals surface area (Å²) in [5, 5.41) is 2.63. The van der Waals surface area contributed by atoms with Gasteiger partial charge in [0, 0.05) is 29.8 Å². The van der Waals surface area contributed by atoms with E-state index in [1.807, 2.05) is 30.3 Å². The lowest BCUT2D eigenvalue weighted by Gasteiger charge is -2.22. The molecule has 1 heterocycles. The molecule has 188 valence electrons. The van der Waals surface area contributed by atoms with Gasteiger partial charge in [-0.25, -0.2) is 4.79 Å². The Bertz CT molecular complexity index is 1320. The van der Waals surface area contributed by atoms with E-state index in [1.165, 1.54) is 17.7 Å². The number of ether oxygens (including phenoxy) is 2. The van der Waals surface area contributed by atoms with Crippen molar-refractivity contribution in [2.45, 2.75) is 31.7 Å². The standard InChI is InChI=1S/C27H26N2O6.ClH/c1-34-19-13-11-18(12-14-19)29-23-9-6-10-24(30)20(23)16-21(26(29)32)25(31)28-22(27(33)35-2)15-17-7-4-3-5-8-17;/h3-5,7-8,11-14,16,22H,6,9-10,15H2,1-2H3,(H,28,31);1H. The van der Waals surface area contributed by atoms with Crippen LogP contribution in [0.1, 0.15) is 44.8 Å². The Labute approximate surface area is 214 Å². The van der Waals surface area contributed by atoms with Gasteiger partial charge >= 0.3 is 5.97 Å². The number of nitrogens with zero attached hydrogens (tertiary/aromatic N) is 1. The zero-order chi connectivity index (χ0) is 24.9. The molecular weight excluding hydrogens is 484 g/mol. The summed E-state index contributed by atoms with van der Waals surface area (Å²) in [5.41, 5.74) is 1.47. The molecular formula is C27H27ClN2O6. The lowest BCUT2D eigenvalue weighted by molar-refractivity contribution is -0.142. The lowest BCUT2D eigenvalue weighted by Crippen LogP contribution is -2.45. The van der Waals surface area contributed by atoms with Crippen molar-refractivity contribution in [2.24, 2.45) is 0 Å². The average Bonchev–Trinajstić information content (AvgIpc) is 2.88. The molecule has 2 aromatic carbocycles. The minimum atomic E-state index is -1.00. The molecule has 0 spiro atoms. The molecule has 1 aromatic heterocycles. The number of halogens is 1. The fourth-order valence-corrected chi connectivity index (χ4v) is 4.28. The molecule has 1 aliphatic carbocycles. The van der Waals surface area contributed by atoms with Crippen LogP contribution in [0.4, 0.5) is 0 Å². The first-order valence-corrected chi connectivity index (χ1v) is 11.3. The molecule has 1 N–H and O–H groups in total. The highest BCUT2D eigenvalue weighted by Crippen LogP contribution is 2.24. The van der Waals surface area contributed by atoms with Crippen LogP contribution in [0.25, 0.3) is 5.69 Å². The third-order valence-electron chi connectivity index (χ3n) is 6.07. The Morgan fingerprint density at radius 1 is 1.00 bits per heavy atom. The lowest BCUT2D eigenvalue weighted by atomic mass is 9.92. The predicted molar refractivity (Wildman–Crippen MR) is 137 cm³/mol. The van der Waals surface area contributed by atoms with Gasteiger partial charge in [0.25, 0.3) is 11.5 Å². The summed E-state index contributed by atoms with van der Waals surface area (Å²) >= 11 is 0. The monoisotopic (exact) mass is 510 g/mol. The molecule has 1 atom stereocenters. The van der Waals surface area contributed by atoms with Gasteiger partial charge in [-0.05, 0) is 48.7 Å². The second-order valence-electron chi connectivity index (χ2n) is 8.27. The van der Waals surface area contributed by atoms with Crippen molar-refractivity contribution >= 4 is 30.1 Å². The highest BCUT2D eigenvalue weighted by atomic mass is 35.5. The Kier molecular flexibility index (Phi) is 8.66. The van der Waals surface area contributed by atoms with Gasteiger partial charge in [0.1, 0.15) is 17.4 Å². The van der Waals surface area contributed by atoms with Crippen molar-refractivity contribution in [3.63, 3.8) is 0 Å². The third-order valence-corrected chi connectivity index (χ3v) is 6.07. The summed E-state index contributed by atoms with van der Waals surface area (Å²) in [5.74, 6) is -0.893. The number of ketones is 1. The van der Waals surface area contributed by atoms with Crippen molar-refractivity contribution in [1.29, 1.82) is 0 Å². The second-order valence-corrected chi connectivity index (χ2v) is 8.27. The van der Waals surface area contributed by atoms with Gasteiger partial charge in [0.05, 0.1) is 14.2 Å². The van der Waals surface area contributed by atoms with Crippen LogP contribution in [0.15, 0.2) is 65.5 Å². The number of rotatable bonds is 7. The number of Topliss-reactive ketones (excluding diaryl/α,β-unsaturated/α-hetero) is 1. The van der Waals surface area contributed by atoms with Crippen LogP contribution in [0.5, 0.6) is 5.75 Å². The average molecular weight is 511 g/mol. The Balaban J connectivity index is 0.00000361. The molecule has 8 nitrogen and oxygen atoms in total. The molecule has 3 aromatic rings. The Morgan fingerprint density at radius 3 is 2.33 bits per heavy atom. The minimum absolute atomic E-state index is 0. The van der Waals surface area contributed by atoms with E-state index in [1.54, 1.807) is 31.4 Å². The second kappa shape index (κ2) is 11.7. The maximum absolute atomic E-state index is 13.6. The topological polar surface area (TPSA) is 104 Å². The summed E-state index contributed by atoms with van der Waals surface area (Å²) in [6.45, 7) is 0. The normalized spacial score (nSPS) is 13.1. The molecule has 0 aliphatic heterocycles. The van der Waals surface area contributed by atoms with Gasteiger partial charge in [0.2, 0.25) is 0 Å². The van der Waals surface area contributed by atoms with Crippen molar-refractivity contribution in [2.75, 3.05) is 14.2 Å². The summed E-state index contributed by atoms with van der Waals surface area (Å²) in [6.07, 6.45) is 1.68. The van der Waals surface area contributed by atoms with Crippen LogP contribution >= 0.6 is 12.4 Å². The van der Waals surface area contributed by atoms with E-state index in [9.17, 15) is 19.2 Å². The molecule has 1 amide bonds. The van der Waals surface area contributed by atoms with E-state index in [0.717, 1.165) is 5.56 Å². The van der Waals surface area contributed by atoms with Gasteiger partial charge < -0.3 is 14.8 Å². The molecule has 0 saturated heterocycles. The molecule has 1 aliphatic rings. The number of esters is 1. The number of carbonyl (C=O) groups is 3. The van der Waals surface area contributed by atoms with Crippen LogP contribution in [-0.2, 0) is 22.4 Å². The fraction of sp³-hybridized carbons (Fsp3) is 0.259. The minimum Gasteiger partial charge on any atom is -0.497 e. The van der Waals surface area contributed by atoms with Crippen LogP contribution in [-0.4, -0.2) is 42.5 Å². The van der Waals surface area contributed by atoms with E-state index in [2.05, 4.69) is 5.32 Å². The Hall–Kier alpha value is -3.91. The molecule has 0 fully saturated rings. The number of hydrogen-bond donors (Lipinski definition) is 1. The molecule has 0 radical (unpaired) electrons. The number of hydrogen-bond acceptors (Lipinski definition) is 6. The van der Waals surface area contributed by atoms with Crippen molar-refractivity contribution in [3.8, 4) is 11.4 Å². The van der Waals surface area contributed by atoms with E-state index in [4.69, 9.17) is 9.47 Å². The number of fused-ring (bicyclic) bond motifs is 1. The molecule has 4 rings (SSSR count). The number of methoxy groups -OCH3 is 2. The quantitative estimate of drug-likeness (QED) is 0.489. The number of nitrogens with one attached hydrogen (secondary N) is 1. The van der Waals surface area contributed by atoms with Gasteiger partial charge in [-0.2, -0.15) is 0 Å². The zero-order valence-corrected chi connectivity index (χ0v) is 20.8.